The first kappa shape index (κ1) is 25.4. The van der Waals surface area contributed by atoms with E-state index >= 15 is 0 Å². The molecule has 0 amide bonds. The molecule has 0 N–H and O–H groups in total. The molecular formula is C25H22Br2N2O5S. The maximum Gasteiger partial charge on any atom is 0.338 e. The first-order valence-corrected chi connectivity index (χ1v) is 13.1. The number of benzene rings is 2. The molecule has 182 valence electrons. The van der Waals surface area contributed by atoms with Gasteiger partial charge in [-0.1, -0.05) is 33.3 Å². The van der Waals surface area contributed by atoms with E-state index in [0.29, 0.717) is 36.6 Å². The second kappa shape index (κ2) is 10.5. The van der Waals surface area contributed by atoms with E-state index in [1.54, 1.807) is 44.8 Å². The predicted molar refractivity (Wildman–Crippen MR) is 142 cm³/mol. The lowest BCUT2D eigenvalue weighted by molar-refractivity contribution is -0.139. The molecule has 3 aromatic rings. The second-order valence-electron chi connectivity index (χ2n) is 7.58. The van der Waals surface area contributed by atoms with Gasteiger partial charge in [-0.15, -0.1) is 0 Å². The van der Waals surface area contributed by atoms with Gasteiger partial charge >= 0.3 is 5.97 Å². The molecule has 7 nitrogen and oxygen atoms in total. The van der Waals surface area contributed by atoms with Crippen LogP contribution < -0.4 is 24.4 Å². The SMILES string of the molecule is CCOC(=O)C1=C(C)N=c2s/c(=C/c3cc(Br)ccc3OC)c(=O)n2[C@@H]1c1ccc(OC)c(Br)c1. The van der Waals surface area contributed by atoms with E-state index in [-0.39, 0.29) is 12.2 Å². The standard InChI is InChI=1S/C25H22Br2N2O5S/c1-5-34-24(31)21-13(2)28-25-29(22(21)14-6-8-19(33-4)17(27)11-14)23(30)20(35-25)12-15-10-16(26)7-9-18(15)32-3/h6-12,22H,5H2,1-4H3/b20-12+/t22-/m1/s1. The third kappa shape index (κ3) is 4.87. The number of halogens is 2. The Morgan fingerprint density at radius 3 is 2.51 bits per heavy atom. The third-order valence-electron chi connectivity index (χ3n) is 5.49. The van der Waals surface area contributed by atoms with Gasteiger partial charge in [-0.3, -0.25) is 9.36 Å². The minimum atomic E-state index is -0.709. The Labute approximate surface area is 222 Å². The second-order valence-corrected chi connectivity index (χ2v) is 10.4. The Balaban J connectivity index is 1.98. The van der Waals surface area contributed by atoms with Crippen LogP contribution in [0.25, 0.3) is 6.08 Å². The molecular weight excluding hydrogens is 600 g/mol. The van der Waals surface area contributed by atoms with Crippen LogP contribution >= 0.6 is 43.2 Å². The summed E-state index contributed by atoms with van der Waals surface area (Å²) in [6.45, 7) is 3.71. The third-order valence-corrected chi connectivity index (χ3v) is 7.58. The fourth-order valence-corrected chi connectivity index (χ4v) is 5.89. The average molecular weight is 622 g/mol. The molecule has 0 saturated carbocycles. The number of carbonyl (C=O) groups is 1. The number of aromatic nitrogens is 1. The van der Waals surface area contributed by atoms with E-state index in [1.165, 1.54) is 11.3 Å². The quantitative estimate of drug-likeness (QED) is 0.383. The lowest BCUT2D eigenvalue weighted by Gasteiger charge is -2.25. The van der Waals surface area contributed by atoms with E-state index < -0.39 is 12.0 Å². The number of allylic oxidation sites excluding steroid dienone is 1. The van der Waals surface area contributed by atoms with Crippen LogP contribution in [-0.4, -0.2) is 31.4 Å². The maximum atomic E-state index is 13.7. The van der Waals surface area contributed by atoms with Gasteiger partial charge in [0.25, 0.3) is 5.56 Å². The van der Waals surface area contributed by atoms with Crippen LogP contribution in [0.2, 0.25) is 0 Å². The molecule has 35 heavy (non-hydrogen) atoms. The van der Waals surface area contributed by atoms with Gasteiger partial charge in [-0.25, -0.2) is 9.79 Å². The molecule has 10 heteroatoms. The van der Waals surface area contributed by atoms with E-state index in [1.807, 2.05) is 30.3 Å². The Morgan fingerprint density at radius 2 is 1.86 bits per heavy atom. The van der Waals surface area contributed by atoms with Crippen molar-refractivity contribution in [1.29, 1.82) is 0 Å². The molecule has 0 saturated heterocycles. The lowest BCUT2D eigenvalue weighted by Crippen LogP contribution is -2.40. The van der Waals surface area contributed by atoms with Crippen LogP contribution in [0.4, 0.5) is 0 Å². The minimum absolute atomic E-state index is 0.210. The van der Waals surface area contributed by atoms with Gasteiger partial charge in [0, 0.05) is 10.0 Å². The zero-order valence-corrected chi connectivity index (χ0v) is 23.4. The molecule has 1 atom stereocenters. The summed E-state index contributed by atoms with van der Waals surface area (Å²) in [5, 5.41) is 0. The maximum absolute atomic E-state index is 13.7. The smallest absolute Gasteiger partial charge is 0.338 e. The number of ether oxygens (including phenoxy) is 3. The molecule has 1 aromatic heterocycles. The average Bonchev–Trinajstić information content (AvgIpc) is 3.12. The summed E-state index contributed by atoms with van der Waals surface area (Å²) in [6.07, 6.45) is 1.78. The van der Waals surface area contributed by atoms with Gasteiger partial charge in [0.05, 0.1) is 47.1 Å². The summed E-state index contributed by atoms with van der Waals surface area (Å²) in [5.74, 6) is 0.771. The first-order valence-electron chi connectivity index (χ1n) is 10.7. The zero-order valence-electron chi connectivity index (χ0n) is 19.4. The van der Waals surface area contributed by atoms with E-state index in [0.717, 1.165) is 15.6 Å². The Bertz CT molecular complexity index is 1520. The van der Waals surface area contributed by atoms with Crippen LogP contribution in [0.3, 0.4) is 0 Å². The highest BCUT2D eigenvalue weighted by Gasteiger charge is 2.33. The molecule has 2 heterocycles. The van der Waals surface area contributed by atoms with Gasteiger partial charge in [0.1, 0.15) is 11.5 Å². The molecule has 0 radical (unpaired) electrons. The highest BCUT2D eigenvalue weighted by molar-refractivity contribution is 9.10. The van der Waals surface area contributed by atoms with Crippen molar-refractivity contribution in [3.05, 3.63) is 87.4 Å². The van der Waals surface area contributed by atoms with Crippen LogP contribution in [0.5, 0.6) is 11.5 Å². The van der Waals surface area contributed by atoms with Crippen molar-refractivity contribution in [3.63, 3.8) is 0 Å². The van der Waals surface area contributed by atoms with Crippen molar-refractivity contribution in [2.75, 3.05) is 20.8 Å². The van der Waals surface area contributed by atoms with Crippen molar-refractivity contribution < 1.29 is 19.0 Å². The zero-order chi connectivity index (χ0) is 25.3. The Hall–Kier alpha value is -2.69. The monoisotopic (exact) mass is 620 g/mol. The molecule has 1 aliphatic heterocycles. The molecule has 4 rings (SSSR count). The van der Waals surface area contributed by atoms with E-state index in [4.69, 9.17) is 14.2 Å². The van der Waals surface area contributed by atoms with Crippen LogP contribution in [0.15, 0.2) is 66.4 Å². The van der Waals surface area contributed by atoms with E-state index in [9.17, 15) is 9.59 Å². The molecule has 1 aliphatic rings. The molecule has 0 bridgehead atoms. The fraction of sp³-hybridized carbons (Fsp3) is 0.240. The fourth-order valence-electron chi connectivity index (χ4n) is 3.92. The van der Waals surface area contributed by atoms with Crippen molar-refractivity contribution in [3.8, 4) is 11.5 Å². The van der Waals surface area contributed by atoms with Gasteiger partial charge in [-0.05, 0) is 71.7 Å². The van der Waals surface area contributed by atoms with Gasteiger partial charge in [0.2, 0.25) is 0 Å². The van der Waals surface area contributed by atoms with Crippen molar-refractivity contribution in [1.82, 2.24) is 4.57 Å². The Morgan fingerprint density at radius 1 is 1.14 bits per heavy atom. The van der Waals surface area contributed by atoms with Crippen LogP contribution in [0, 0.1) is 0 Å². The first-order chi connectivity index (χ1) is 16.8. The van der Waals surface area contributed by atoms with Gasteiger partial charge in [0.15, 0.2) is 4.80 Å². The van der Waals surface area contributed by atoms with Crippen molar-refractivity contribution in [2.45, 2.75) is 19.9 Å². The van der Waals surface area contributed by atoms with Crippen LogP contribution in [0.1, 0.15) is 31.0 Å². The van der Waals surface area contributed by atoms with Crippen LogP contribution in [-0.2, 0) is 9.53 Å². The summed E-state index contributed by atoms with van der Waals surface area (Å²) in [5.41, 5.74) is 2.04. The van der Waals surface area contributed by atoms with Gasteiger partial charge < -0.3 is 14.2 Å². The number of rotatable bonds is 6. The number of nitrogens with zero attached hydrogens (tertiary/aromatic N) is 2. The largest absolute Gasteiger partial charge is 0.496 e. The number of esters is 1. The number of fused-ring (bicyclic) bond motifs is 1. The summed E-state index contributed by atoms with van der Waals surface area (Å²) < 4.78 is 19.8. The highest BCUT2D eigenvalue weighted by Crippen LogP contribution is 2.35. The lowest BCUT2D eigenvalue weighted by atomic mass is 9.96. The molecule has 0 fully saturated rings. The van der Waals surface area contributed by atoms with Gasteiger partial charge in [-0.2, -0.15) is 0 Å². The summed E-state index contributed by atoms with van der Waals surface area (Å²) in [6, 6.07) is 10.3. The van der Waals surface area contributed by atoms with Crippen molar-refractivity contribution in [2.24, 2.45) is 4.99 Å². The number of methoxy groups -OCH3 is 2. The number of hydrogen-bond donors (Lipinski definition) is 0. The molecule has 0 unspecified atom stereocenters. The number of hydrogen-bond acceptors (Lipinski definition) is 7. The summed E-state index contributed by atoms with van der Waals surface area (Å²) >= 11 is 8.25. The van der Waals surface area contributed by atoms with E-state index in [2.05, 4.69) is 36.9 Å². The van der Waals surface area contributed by atoms with Crippen molar-refractivity contribution >= 4 is 55.2 Å². The molecule has 0 spiro atoms. The Kier molecular flexibility index (Phi) is 7.63. The summed E-state index contributed by atoms with van der Waals surface area (Å²) in [4.78, 5) is 31.9. The highest BCUT2D eigenvalue weighted by atomic mass is 79.9. The predicted octanol–water partition coefficient (Wildman–Crippen LogP) is 4.34. The summed E-state index contributed by atoms with van der Waals surface area (Å²) in [7, 11) is 3.16. The minimum Gasteiger partial charge on any atom is -0.496 e. The topological polar surface area (TPSA) is 79.1 Å². The number of carbonyl (C=O) groups excluding carboxylic acids is 1. The number of thiazole rings is 1. The molecule has 2 aromatic carbocycles. The molecule has 0 aliphatic carbocycles. The normalized spacial score (nSPS) is 15.5.